The van der Waals surface area contributed by atoms with Crippen LogP contribution in [0.3, 0.4) is 0 Å². The van der Waals surface area contributed by atoms with Crippen molar-refractivity contribution in [1.82, 2.24) is 5.32 Å². The number of nitrogens with zero attached hydrogens (tertiary/aromatic N) is 3. The fraction of sp³-hybridized carbons (Fsp3) is 0.714. The van der Waals surface area contributed by atoms with E-state index in [9.17, 15) is 19.2 Å². The van der Waals surface area contributed by atoms with Gasteiger partial charge in [0.25, 0.3) is 0 Å². The van der Waals surface area contributed by atoms with Gasteiger partial charge in [-0.2, -0.15) is 0 Å². The number of carbonyl (C=O) groups is 4. The van der Waals surface area contributed by atoms with Crippen LogP contribution in [-0.4, -0.2) is 61.8 Å². The summed E-state index contributed by atoms with van der Waals surface area (Å²) in [7, 11) is 1.16. The lowest BCUT2D eigenvalue weighted by molar-refractivity contribution is -0.165. The van der Waals surface area contributed by atoms with Gasteiger partial charge < -0.3 is 24.3 Å². The second-order valence-electron chi connectivity index (χ2n) is 8.14. The molecule has 0 aromatic heterocycles. The molecule has 0 saturated heterocycles. The van der Waals surface area contributed by atoms with E-state index in [4.69, 9.17) is 24.5 Å². The van der Waals surface area contributed by atoms with E-state index >= 15 is 0 Å². The number of hydrogen-bond donors (Lipinski definition) is 1. The number of nitrogens with one attached hydrogen (secondary N) is 1. The summed E-state index contributed by atoms with van der Waals surface area (Å²) in [6, 6.07) is -1.88. The molecule has 12 nitrogen and oxygen atoms in total. The summed E-state index contributed by atoms with van der Waals surface area (Å²) in [5.41, 5.74) is 9.06. The standard InChI is InChI=1S/C21H32N4O8/c1-11(2)7-8-18(28)23-19-15(24-25-22)9-16(21(29)30-6)33-20(19)12(3)17(32-14(5)27)10-31-13(4)26/h9,11-12,15,17,19-20H,7-8,10H2,1-6H3,(H,23,28)/t12-,15+,17-,19-,20+/m1/s1. The fourth-order valence-electron chi connectivity index (χ4n) is 3.29. The van der Waals surface area contributed by atoms with Gasteiger partial charge in [-0.1, -0.05) is 25.9 Å². The van der Waals surface area contributed by atoms with E-state index in [0.29, 0.717) is 12.3 Å². The zero-order valence-corrected chi connectivity index (χ0v) is 19.8. The minimum Gasteiger partial charge on any atom is -0.481 e. The molecule has 0 aliphatic carbocycles. The molecule has 5 atom stereocenters. The van der Waals surface area contributed by atoms with Gasteiger partial charge >= 0.3 is 17.9 Å². The van der Waals surface area contributed by atoms with Gasteiger partial charge in [0.05, 0.1) is 19.2 Å². The number of ether oxygens (including phenoxy) is 4. The summed E-state index contributed by atoms with van der Waals surface area (Å²) >= 11 is 0. The molecule has 1 amide bonds. The lowest BCUT2D eigenvalue weighted by atomic mass is 9.86. The highest BCUT2D eigenvalue weighted by molar-refractivity contribution is 5.86. The van der Waals surface area contributed by atoms with Gasteiger partial charge in [-0.3, -0.25) is 14.4 Å². The number of rotatable bonds is 11. The quantitative estimate of drug-likeness (QED) is 0.158. The Labute approximate surface area is 192 Å². The summed E-state index contributed by atoms with van der Waals surface area (Å²) in [5.74, 6) is -2.93. The minimum absolute atomic E-state index is 0.214. The largest absolute Gasteiger partial charge is 0.481 e. The SMILES string of the molecule is COC(=O)C1=C[C@H](N=[N+]=[N-])[C@@H](NC(=O)CCC(C)C)[C@H]([C@H](C)[C@@H](COC(C)=O)OC(C)=O)O1. The van der Waals surface area contributed by atoms with Crippen molar-refractivity contribution in [2.75, 3.05) is 13.7 Å². The Hall–Kier alpha value is -3.27. The van der Waals surface area contributed by atoms with Crippen molar-refractivity contribution in [1.29, 1.82) is 0 Å². The smallest absolute Gasteiger partial charge is 0.372 e. The first-order valence-electron chi connectivity index (χ1n) is 10.6. The maximum atomic E-state index is 12.6. The predicted octanol–water partition coefficient (Wildman–Crippen LogP) is 2.17. The molecule has 33 heavy (non-hydrogen) atoms. The number of methoxy groups -OCH3 is 1. The van der Waals surface area contributed by atoms with E-state index in [2.05, 4.69) is 15.3 Å². The van der Waals surface area contributed by atoms with Crippen molar-refractivity contribution in [2.24, 2.45) is 17.0 Å². The lowest BCUT2D eigenvalue weighted by Gasteiger charge is -2.40. The molecule has 0 radical (unpaired) electrons. The third kappa shape index (κ3) is 9.01. The average molecular weight is 469 g/mol. The molecular weight excluding hydrogens is 436 g/mol. The highest BCUT2D eigenvalue weighted by Crippen LogP contribution is 2.30. The van der Waals surface area contributed by atoms with Crippen LogP contribution in [0.1, 0.15) is 47.5 Å². The molecule has 184 valence electrons. The first-order valence-corrected chi connectivity index (χ1v) is 10.6. The Kier molecular flexibility index (Phi) is 11.2. The van der Waals surface area contributed by atoms with Gasteiger partial charge in [0, 0.05) is 31.1 Å². The molecule has 1 aliphatic heterocycles. The summed E-state index contributed by atoms with van der Waals surface area (Å²) in [5, 5.41) is 6.53. The van der Waals surface area contributed by atoms with E-state index in [1.165, 1.54) is 19.9 Å². The molecule has 0 aromatic rings. The Morgan fingerprint density at radius 2 is 1.88 bits per heavy atom. The zero-order chi connectivity index (χ0) is 25.1. The number of hydrogen-bond acceptors (Lipinski definition) is 9. The van der Waals surface area contributed by atoms with E-state index in [1.807, 2.05) is 13.8 Å². The predicted molar refractivity (Wildman–Crippen MR) is 115 cm³/mol. The molecule has 1 rings (SSSR count). The molecule has 0 aromatic carbocycles. The number of amides is 1. The maximum Gasteiger partial charge on any atom is 0.372 e. The second kappa shape index (κ2) is 13.3. The van der Waals surface area contributed by atoms with Gasteiger partial charge in [0.1, 0.15) is 18.8 Å². The Bertz CT molecular complexity index is 806. The van der Waals surface area contributed by atoms with E-state index in [-0.39, 0.29) is 24.7 Å². The molecule has 0 spiro atoms. The van der Waals surface area contributed by atoms with Crippen LogP contribution in [0.15, 0.2) is 16.9 Å². The molecule has 1 heterocycles. The number of carbonyl (C=O) groups excluding carboxylic acids is 4. The number of azide groups is 1. The summed E-state index contributed by atoms with van der Waals surface area (Å²) in [6.07, 6.45) is 0.192. The van der Waals surface area contributed by atoms with Gasteiger partial charge in [-0.15, -0.1) is 0 Å². The van der Waals surface area contributed by atoms with Crippen molar-refractivity contribution in [3.63, 3.8) is 0 Å². The maximum absolute atomic E-state index is 12.6. The van der Waals surface area contributed by atoms with Gasteiger partial charge in [0.15, 0.2) is 0 Å². The van der Waals surface area contributed by atoms with Crippen molar-refractivity contribution in [2.45, 2.75) is 71.8 Å². The molecule has 0 saturated carbocycles. The fourth-order valence-corrected chi connectivity index (χ4v) is 3.29. The average Bonchev–Trinajstić information content (AvgIpc) is 2.74. The van der Waals surface area contributed by atoms with Crippen LogP contribution in [0.2, 0.25) is 0 Å². The first kappa shape index (κ1) is 27.8. The van der Waals surface area contributed by atoms with Crippen LogP contribution < -0.4 is 5.32 Å². The van der Waals surface area contributed by atoms with Crippen LogP contribution in [0.25, 0.3) is 10.4 Å². The third-order valence-corrected chi connectivity index (χ3v) is 5.03. The summed E-state index contributed by atoms with van der Waals surface area (Å²) < 4.78 is 20.9. The lowest BCUT2D eigenvalue weighted by Crippen LogP contribution is -2.57. The van der Waals surface area contributed by atoms with Crippen LogP contribution in [0, 0.1) is 11.8 Å². The van der Waals surface area contributed by atoms with Gasteiger partial charge in [0.2, 0.25) is 11.7 Å². The van der Waals surface area contributed by atoms with Gasteiger partial charge in [-0.05, 0) is 23.9 Å². The molecule has 1 N–H and O–H groups in total. The van der Waals surface area contributed by atoms with Crippen molar-refractivity contribution >= 4 is 23.8 Å². The summed E-state index contributed by atoms with van der Waals surface area (Å²) in [6.45, 7) is 7.74. The highest BCUT2D eigenvalue weighted by Gasteiger charge is 2.44. The van der Waals surface area contributed by atoms with Crippen LogP contribution >= 0.6 is 0 Å². The molecule has 12 heteroatoms. The summed E-state index contributed by atoms with van der Waals surface area (Å²) in [4.78, 5) is 50.6. The first-order chi connectivity index (χ1) is 15.5. The van der Waals surface area contributed by atoms with E-state index in [0.717, 1.165) is 7.11 Å². The van der Waals surface area contributed by atoms with Crippen molar-refractivity contribution in [3.8, 4) is 0 Å². The Morgan fingerprint density at radius 3 is 2.39 bits per heavy atom. The van der Waals surface area contributed by atoms with Crippen LogP contribution in [0.4, 0.5) is 0 Å². The molecule has 0 bridgehead atoms. The van der Waals surface area contributed by atoms with Crippen molar-refractivity contribution < 1.29 is 38.1 Å². The molecule has 1 aliphatic rings. The second-order valence-corrected chi connectivity index (χ2v) is 8.14. The van der Waals surface area contributed by atoms with Crippen molar-refractivity contribution in [3.05, 3.63) is 22.3 Å². The van der Waals surface area contributed by atoms with Crippen LogP contribution in [-0.2, 0) is 38.1 Å². The van der Waals surface area contributed by atoms with Crippen LogP contribution in [0.5, 0.6) is 0 Å². The van der Waals surface area contributed by atoms with Gasteiger partial charge in [-0.25, -0.2) is 4.79 Å². The molecule has 0 unspecified atom stereocenters. The minimum atomic E-state index is -0.986. The molecule has 0 fully saturated rings. The van der Waals surface area contributed by atoms with E-state index < -0.39 is 48.1 Å². The normalized spacial score (nSPS) is 21.4. The third-order valence-electron chi connectivity index (χ3n) is 5.03. The Balaban J connectivity index is 3.34. The van der Waals surface area contributed by atoms with E-state index in [1.54, 1.807) is 6.92 Å². The zero-order valence-electron chi connectivity index (χ0n) is 19.8. The highest BCUT2D eigenvalue weighted by atomic mass is 16.6. The monoisotopic (exact) mass is 468 g/mol. The number of esters is 3. The molecular formula is C21H32N4O8. The Morgan fingerprint density at radius 1 is 1.21 bits per heavy atom. The topological polar surface area (TPSA) is 166 Å².